The van der Waals surface area contributed by atoms with Gasteiger partial charge in [0.2, 0.25) is 0 Å². The highest BCUT2D eigenvalue weighted by molar-refractivity contribution is 5.96. The molecule has 0 atom stereocenters. The standard InChI is InChI=1S/C13H18N2O3/c1-9(2)15(8-12(16)18-3)13(17)10-5-4-6-11(14)7-10/h4-7,9H,8,14H2,1-3H3. The molecule has 0 heterocycles. The summed E-state index contributed by atoms with van der Waals surface area (Å²) in [4.78, 5) is 25.0. The molecule has 0 spiro atoms. The molecule has 0 saturated heterocycles. The molecule has 98 valence electrons. The maximum absolute atomic E-state index is 12.3. The zero-order chi connectivity index (χ0) is 13.7. The van der Waals surface area contributed by atoms with E-state index >= 15 is 0 Å². The van der Waals surface area contributed by atoms with E-state index in [0.29, 0.717) is 11.3 Å². The van der Waals surface area contributed by atoms with Crippen molar-refractivity contribution < 1.29 is 14.3 Å². The van der Waals surface area contributed by atoms with Gasteiger partial charge in [0.1, 0.15) is 6.54 Å². The lowest BCUT2D eigenvalue weighted by atomic mass is 10.1. The number of carbonyl (C=O) groups is 2. The number of benzene rings is 1. The summed E-state index contributed by atoms with van der Waals surface area (Å²) >= 11 is 0. The van der Waals surface area contributed by atoms with Gasteiger partial charge in [0.15, 0.2) is 0 Å². The van der Waals surface area contributed by atoms with Crippen LogP contribution in [0.4, 0.5) is 5.69 Å². The molecule has 5 heteroatoms. The minimum Gasteiger partial charge on any atom is -0.468 e. The third kappa shape index (κ3) is 3.48. The van der Waals surface area contributed by atoms with Crippen LogP contribution in [0.1, 0.15) is 24.2 Å². The van der Waals surface area contributed by atoms with Gasteiger partial charge in [-0.25, -0.2) is 0 Å². The molecule has 0 aliphatic heterocycles. The highest BCUT2D eigenvalue weighted by atomic mass is 16.5. The maximum atomic E-state index is 12.3. The molecule has 0 bridgehead atoms. The van der Waals surface area contributed by atoms with Gasteiger partial charge in [-0.1, -0.05) is 6.07 Å². The molecule has 0 unspecified atom stereocenters. The summed E-state index contributed by atoms with van der Waals surface area (Å²) in [7, 11) is 1.30. The number of nitrogen functional groups attached to an aromatic ring is 1. The van der Waals surface area contributed by atoms with Gasteiger partial charge in [-0.05, 0) is 32.0 Å². The van der Waals surface area contributed by atoms with Gasteiger partial charge < -0.3 is 15.4 Å². The van der Waals surface area contributed by atoms with Gasteiger partial charge in [-0.3, -0.25) is 9.59 Å². The number of ether oxygens (including phenoxy) is 1. The van der Waals surface area contributed by atoms with Gasteiger partial charge in [0.05, 0.1) is 7.11 Å². The van der Waals surface area contributed by atoms with Crippen LogP contribution in [-0.2, 0) is 9.53 Å². The Hall–Kier alpha value is -2.04. The molecule has 1 aromatic carbocycles. The highest BCUT2D eigenvalue weighted by Crippen LogP contribution is 2.12. The van der Waals surface area contributed by atoms with Crippen LogP contribution in [0.2, 0.25) is 0 Å². The van der Waals surface area contributed by atoms with Crippen LogP contribution in [-0.4, -0.2) is 36.5 Å². The fourth-order valence-electron chi connectivity index (χ4n) is 1.53. The monoisotopic (exact) mass is 250 g/mol. The second-order valence-corrected chi connectivity index (χ2v) is 4.23. The molecule has 0 aliphatic carbocycles. The highest BCUT2D eigenvalue weighted by Gasteiger charge is 2.21. The molecule has 1 rings (SSSR count). The minimum absolute atomic E-state index is 0.0677. The van der Waals surface area contributed by atoms with Crippen molar-refractivity contribution >= 4 is 17.6 Å². The SMILES string of the molecule is COC(=O)CN(C(=O)c1cccc(N)c1)C(C)C. The van der Waals surface area contributed by atoms with Gasteiger partial charge in [0.25, 0.3) is 5.91 Å². The zero-order valence-electron chi connectivity index (χ0n) is 10.8. The lowest BCUT2D eigenvalue weighted by Crippen LogP contribution is -2.41. The van der Waals surface area contributed by atoms with Crippen molar-refractivity contribution in [1.29, 1.82) is 0 Å². The molecule has 0 aliphatic rings. The predicted octanol–water partition coefficient (Wildman–Crippen LogP) is 1.29. The Bertz CT molecular complexity index is 444. The van der Waals surface area contributed by atoms with E-state index in [9.17, 15) is 9.59 Å². The van der Waals surface area contributed by atoms with Gasteiger partial charge in [-0.15, -0.1) is 0 Å². The van der Waals surface area contributed by atoms with E-state index in [4.69, 9.17) is 5.73 Å². The Kier molecular flexibility index (Phi) is 4.71. The summed E-state index contributed by atoms with van der Waals surface area (Å²) in [6, 6.07) is 6.58. The first-order valence-corrected chi connectivity index (χ1v) is 5.69. The summed E-state index contributed by atoms with van der Waals surface area (Å²) in [5.74, 6) is -0.677. The number of amides is 1. The smallest absolute Gasteiger partial charge is 0.325 e. The van der Waals surface area contributed by atoms with Crippen molar-refractivity contribution in [1.82, 2.24) is 4.90 Å². The third-order valence-corrected chi connectivity index (χ3v) is 2.54. The fraction of sp³-hybridized carbons (Fsp3) is 0.385. The summed E-state index contributed by atoms with van der Waals surface area (Å²) in [6.07, 6.45) is 0. The first-order chi connectivity index (χ1) is 8.45. The van der Waals surface area contributed by atoms with Crippen molar-refractivity contribution in [3.8, 4) is 0 Å². The number of anilines is 1. The minimum atomic E-state index is -0.444. The predicted molar refractivity (Wildman–Crippen MR) is 69.0 cm³/mol. The van der Waals surface area contributed by atoms with Crippen LogP contribution in [0, 0.1) is 0 Å². The van der Waals surface area contributed by atoms with Gasteiger partial charge in [0, 0.05) is 17.3 Å². The first kappa shape index (κ1) is 14.0. The molecular formula is C13H18N2O3. The largest absolute Gasteiger partial charge is 0.468 e. The molecule has 0 radical (unpaired) electrons. The van der Waals surface area contributed by atoms with Crippen molar-refractivity contribution in [3.63, 3.8) is 0 Å². The van der Waals surface area contributed by atoms with Crippen LogP contribution in [0.25, 0.3) is 0 Å². The summed E-state index contributed by atoms with van der Waals surface area (Å²) < 4.78 is 4.58. The lowest BCUT2D eigenvalue weighted by molar-refractivity contribution is -0.141. The number of methoxy groups -OCH3 is 1. The Morgan fingerprint density at radius 1 is 1.39 bits per heavy atom. The maximum Gasteiger partial charge on any atom is 0.325 e. The number of nitrogens with two attached hydrogens (primary N) is 1. The number of esters is 1. The average molecular weight is 250 g/mol. The molecule has 1 aromatic rings. The van der Waals surface area contributed by atoms with Crippen molar-refractivity contribution in [3.05, 3.63) is 29.8 Å². The Morgan fingerprint density at radius 3 is 2.56 bits per heavy atom. The van der Waals surface area contributed by atoms with Crippen LogP contribution in [0.15, 0.2) is 24.3 Å². The van der Waals surface area contributed by atoms with Gasteiger partial charge in [-0.2, -0.15) is 0 Å². The molecule has 1 amide bonds. The number of hydrogen-bond donors (Lipinski definition) is 1. The van der Waals surface area contributed by atoms with Crippen LogP contribution < -0.4 is 5.73 Å². The number of nitrogens with zero attached hydrogens (tertiary/aromatic N) is 1. The average Bonchev–Trinajstić information content (AvgIpc) is 2.34. The number of carbonyl (C=O) groups excluding carboxylic acids is 2. The number of hydrogen-bond acceptors (Lipinski definition) is 4. The second kappa shape index (κ2) is 6.05. The van der Waals surface area contributed by atoms with E-state index in [1.807, 2.05) is 13.8 Å². The third-order valence-electron chi connectivity index (χ3n) is 2.54. The Balaban J connectivity index is 2.93. The quantitative estimate of drug-likeness (QED) is 0.645. The Labute approximate surface area is 107 Å². The van der Waals surface area contributed by atoms with E-state index < -0.39 is 5.97 Å². The van der Waals surface area contributed by atoms with E-state index in [1.165, 1.54) is 12.0 Å². The fourth-order valence-corrected chi connectivity index (χ4v) is 1.53. The van der Waals surface area contributed by atoms with Crippen LogP contribution >= 0.6 is 0 Å². The molecule has 18 heavy (non-hydrogen) atoms. The van der Waals surface area contributed by atoms with Crippen LogP contribution in [0.3, 0.4) is 0 Å². The summed E-state index contributed by atoms with van der Waals surface area (Å²) in [5.41, 5.74) is 6.62. The lowest BCUT2D eigenvalue weighted by Gasteiger charge is -2.25. The normalized spacial score (nSPS) is 10.2. The van der Waals surface area contributed by atoms with E-state index in [2.05, 4.69) is 4.74 Å². The van der Waals surface area contributed by atoms with E-state index in [-0.39, 0.29) is 18.5 Å². The van der Waals surface area contributed by atoms with E-state index in [1.54, 1.807) is 24.3 Å². The second-order valence-electron chi connectivity index (χ2n) is 4.23. The van der Waals surface area contributed by atoms with Gasteiger partial charge >= 0.3 is 5.97 Å². The van der Waals surface area contributed by atoms with E-state index in [0.717, 1.165) is 0 Å². The first-order valence-electron chi connectivity index (χ1n) is 5.69. The molecule has 5 nitrogen and oxygen atoms in total. The molecular weight excluding hydrogens is 232 g/mol. The summed E-state index contributed by atoms with van der Waals surface area (Å²) in [6.45, 7) is 3.61. The van der Waals surface area contributed by atoms with Crippen molar-refractivity contribution in [2.45, 2.75) is 19.9 Å². The molecule has 0 fully saturated rings. The summed E-state index contributed by atoms with van der Waals surface area (Å²) in [5, 5.41) is 0. The number of rotatable bonds is 4. The topological polar surface area (TPSA) is 72.6 Å². The van der Waals surface area contributed by atoms with Crippen molar-refractivity contribution in [2.75, 3.05) is 19.4 Å². The molecule has 0 saturated carbocycles. The molecule has 2 N–H and O–H groups in total. The van der Waals surface area contributed by atoms with Crippen LogP contribution in [0.5, 0.6) is 0 Å². The molecule has 0 aromatic heterocycles. The zero-order valence-corrected chi connectivity index (χ0v) is 10.8. The Morgan fingerprint density at radius 2 is 2.06 bits per heavy atom. The van der Waals surface area contributed by atoms with Crippen molar-refractivity contribution in [2.24, 2.45) is 0 Å².